The van der Waals surface area contributed by atoms with Gasteiger partial charge in [0.15, 0.2) is 0 Å². The van der Waals surface area contributed by atoms with Gasteiger partial charge in [-0.25, -0.2) is 16.8 Å². The lowest BCUT2D eigenvalue weighted by molar-refractivity contribution is 0.0956. The number of nitrogens with zero attached hydrogens (tertiary/aromatic N) is 2. The van der Waals surface area contributed by atoms with Gasteiger partial charge in [0.1, 0.15) is 5.75 Å². The van der Waals surface area contributed by atoms with Crippen LogP contribution in [0.15, 0.2) is 24.3 Å². The van der Waals surface area contributed by atoms with Gasteiger partial charge in [-0.1, -0.05) is 0 Å². The van der Waals surface area contributed by atoms with Crippen LogP contribution in [0.25, 0.3) is 0 Å². The molecule has 1 heterocycles. The minimum atomic E-state index is -3.57. The van der Waals surface area contributed by atoms with Crippen molar-refractivity contribution in [2.45, 2.75) is 6.92 Å². The van der Waals surface area contributed by atoms with Crippen LogP contribution in [0.5, 0.6) is 5.75 Å². The lowest BCUT2D eigenvalue weighted by Crippen LogP contribution is -2.51. The average molecular weight is 420 g/mol. The largest absolute Gasteiger partial charge is 0.494 e. The van der Waals surface area contributed by atoms with Crippen LogP contribution in [0.2, 0.25) is 0 Å². The molecule has 0 unspecified atom stereocenters. The number of nitrogens with one attached hydrogen (secondary N) is 1. The number of sulfonamides is 2. The Labute approximate surface area is 160 Å². The van der Waals surface area contributed by atoms with E-state index in [4.69, 9.17) is 4.74 Å². The molecule has 152 valence electrons. The SMILES string of the molecule is CCOc1ccc(C(=O)NCCS(=O)(=O)N2CCN(S(C)(=O)=O)CC2)cc1. The Morgan fingerprint density at radius 3 is 2.11 bits per heavy atom. The second-order valence-electron chi connectivity index (χ2n) is 6.09. The molecule has 0 radical (unpaired) electrons. The Morgan fingerprint density at radius 1 is 1.04 bits per heavy atom. The molecule has 0 saturated carbocycles. The fraction of sp³-hybridized carbons (Fsp3) is 0.562. The molecule has 9 nitrogen and oxygen atoms in total. The van der Waals surface area contributed by atoms with Gasteiger partial charge in [-0.15, -0.1) is 0 Å². The number of benzene rings is 1. The van der Waals surface area contributed by atoms with Crippen molar-refractivity contribution >= 4 is 26.0 Å². The van der Waals surface area contributed by atoms with E-state index in [0.717, 1.165) is 6.26 Å². The molecule has 0 spiro atoms. The van der Waals surface area contributed by atoms with Crippen LogP contribution in [-0.4, -0.2) is 82.7 Å². The summed E-state index contributed by atoms with van der Waals surface area (Å²) in [6.45, 7) is 2.86. The number of carbonyl (C=O) groups excluding carboxylic acids is 1. The molecule has 1 aliphatic heterocycles. The summed E-state index contributed by atoms with van der Waals surface area (Å²) >= 11 is 0. The summed E-state index contributed by atoms with van der Waals surface area (Å²) in [5, 5.41) is 2.59. The Hall–Kier alpha value is -1.69. The molecule has 1 saturated heterocycles. The summed E-state index contributed by atoms with van der Waals surface area (Å²) in [4.78, 5) is 12.1. The van der Waals surface area contributed by atoms with Gasteiger partial charge in [0.2, 0.25) is 20.0 Å². The molecule has 1 amide bonds. The van der Waals surface area contributed by atoms with Crippen LogP contribution in [0.4, 0.5) is 0 Å². The highest BCUT2D eigenvalue weighted by Gasteiger charge is 2.29. The van der Waals surface area contributed by atoms with Crippen molar-refractivity contribution < 1.29 is 26.4 Å². The Morgan fingerprint density at radius 2 is 1.59 bits per heavy atom. The van der Waals surface area contributed by atoms with Gasteiger partial charge >= 0.3 is 0 Å². The smallest absolute Gasteiger partial charge is 0.251 e. The van der Waals surface area contributed by atoms with Gasteiger partial charge in [0.25, 0.3) is 5.91 Å². The Bertz CT molecular complexity index is 845. The highest BCUT2D eigenvalue weighted by Crippen LogP contribution is 2.12. The van der Waals surface area contributed by atoms with E-state index in [1.54, 1.807) is 24.3 Å². The van der Waals surface area contributed by atoms with Crippen molar-refractivity contribution in [3.8, 4) is 5.75 Å². The van der Waals surface area contributed by atoms with Crippen LogP contribution in [-0.2, 0) is 20.0 Å². The molecule has 1 fully saturated rings. The molecule has 0 aliphatic carbocycles. The predicted molar refractivity (Wildman–Crippen MR) is 102 cm³/mol. The summed E-state index contributed by atoms with van der Waals surface area (Å²) in [5.74, 6) is 0.0502. The molecule has 1 aromatic carbocycles. The molecule has 27 heavy (non-hydrogen) atoms. The third-order valence-electron chi connectivity index (χ3n) is 4.13. The zero-order valence-electron chi connectivity index (χ0n) is 15.4. The first kappa shape index (κ1) is 21.6. The number of hydrogen-bond acceptors (Lipinski definition) is 6. The van der Waals surface area contributed by atoms with E-state index in [1.165, 1.54) is 8.61 Å². The molecule has 0 aromatic heterocycles. The topological polar surface area (TPSA) is 113 Å². The quantitative estimate of drug-likeness (QED) is 0.620. The molecular weight excluding hydrogens is 394 g/mol. The molecule has 11 heteroatoms. The summed E-state index contributed by atoms with van der Waals surface area (Å²) in [5.41, 5.74) is 0.414. The normalized spacial score (nSPS) is 16.8. The first-order chi connectivity index (χ1) is 12.6. The predicted octanol–water partition coefficient (Wildman–Crippen LogP) is -0.278. The highest BCUT2D eigenvalue weighted by molar-refractivity contribution is 7.89. The van der Waals surface area contributed by atoms with Crippen molar-refractivity contribution in [3.63, 3.8) is 0 Å². The van der Waals surface area contributed by atoms with Gasteiger partial charge in [0.05, 0.1) is 18.6 Å². The van der Waals surface area contributed by atoms with Crippen LogP contribution in [0.1, 0.15) is 17.3 Å². The zero-order valence-corrected chi connectivity index (χ0v) is 17.1. The number of ether oxygens (including phenoxy) is 1. The Balaban J connectivity index is 1.82. The van der Waals surface area contributed by atoms with Crippen molar-refractivity contribution in [3.05, 3.63) is 29.8 Å². The minimum absolute atomic E-state index is 0.0271. The lowest BCUT2D eigenvalue weighted by Gasteiger charge is -2.32. The van der Waals surface area contributed by atoms with Gasteiger partial charge in [-0.3, -0.25) is 4.79 Å². The number of rotatable bonds is 8. The van der Waals surface area contributed by atoms with Gasteiger partial charge < -0.3 is 10.1 Å². The molecule has 0 atom stereocenters. The van der Waals surface area contributed by atoms with E-state index in [-0.39, 0.29) is 44.4 Å². The van der Waals surface area contributed by atoms with E-state index in [9.17, 15) is 21.6 Å². The maximum atomic E-state index is 12.4. The third kappa shape index (κ3) is 6.16. The second-order valence-corrected chi connectivity index (χ2v) is 10.2. The van der Waals surface area contributed by atoms with E-state index in [1.807, 2.05) is 6.92 Å². The average Bonchev–Trinajstić information content (AvgIpc) is 2.62. The summed E-state index contributed by atoms with van der Waals surface area (Å²) in [7, 11) is -6.88. The number of carbonyl (C=O) groups is 1. The maximum Gasteiger partial charge on any atom is 0.251 e. The van der Waals surface area contributed by atoms with Crippen molar-refractivity contribution in [2.24, 2.45) is 0 Å². The van der Waals surface area contributed by atoms with Gasteiger partial charge in [-0.05, 0) is 31.2 Å². The second kappa shape index (κ2) is 9.00. The third-order valence-corrected chi connectivity index (χ3v) is 7.31. The monoisotopic (exact) mass is 419 g/mol. The highest BCUT2D eigenvalue weighted by atomic mass is 32.2. The fourth-order valence-corrected chi connectivity index (χ4v) is 4.84. The molecule has 1 aromatic rings. The molecule has 0 bridgehead atoms. The zero-order chi connectivity index (χ0) is 20.1. The van der Waals surface area contributed by atoms with Crippen molar-refractivity contribution in [1.82, 2.24) is 13.9 Å². The van der Waals surface area contributed by atoms with Crippen LogP contribution in [0.3, 0.4) is 0 Å². The van der Waals surface area contributed by atoms with Gasteiger partial charge in [-0.2, -0.15) is 8.61 Å². The molecule has 2 rings (SSSR count). The lowest BCUT2D eigenvalue weighted by atomic mass is 10.2. The minimum Gasteiger partial charge on any atom is -0.494 e. The van der Waals surface area contributed by atoms with Crippen molar-refractivity contribution in [1.29, 1.82) is 0 Å². The van der Waals surface area contributed by atoms with E-state index < -0.39 is 20.0 Å². The van der Waals surface area contributed by atoms with Crippen LogP contribution >= 0.6 is 0 Å². The molecule has 1 N–H and O–H groups in total. The van der Waals surface area contributed by atoms with Crippen LogP contribution < -0.4 is 10.1 Å². The first-order valence-electron chi connectivity index (χ1n) is 8.57. The first-order valence-corrected chi connectivity index (χ1v) is 12.0. The number of piperazine rings is 1. The summed E-state index contributed by atoms with van der Waals surface area (Å²) < 4.78 is 55.5. The summed E-state index contributed by atoms with van der Waals surface area (Å²) in [6.07, 6.45) is 1.10. The summed E-state index contributed by atoms with van der Waals surface area (Å²) in [6, 6.07) is 6.57. The number of amides is 1. The standard InChI is InChI=1S/C16H25N3O6S2/c1-3-25-15-6-4-14(5-7-15)16(20)17-8-13-27(23,24)19-11-9-18(10-12-19)26(2,21)22/h4-7H,3,8-13H2,1-2H3,(H,17,20). The van der Waals surface area contributed by atoms with E-state index in [0.29, 0.717) is 17.9 Å². The Kier molecular flexibility index (Phi) is 7.20. The maximum absolute atomic E-state index is 12.4. The molecular formula is C16H25N3O6S2. The van der Waals surface area contributed by atoms with Crippen LogP contribution in [0, 0.1) is 0 Å². The number of hydrogen-bond donors (Lipinski definition) is 1. The van der Waals surface area contributed by atoms with Crippen molar-refractivity contribution in [2.75, 3.05) is 51.3 Å². The van der Waals surface area contributed by atoms with E-state index >= 15 is 0 Å². The van der Waals surface area contributed by atoms with E-state index in [2.05, 4.69) is 5.32 Å². The van der Waals surface area contributed by atoms with Gasteiger partial charge in [0, 0.05) is 38.3 Å². The molecule has 1 aliphatic rings. The fourth-order valence-electron chi connectivity index (χ4n) is 2.67.